The molecule has 2 aliphatic heterocycles. The number of anilines is 1. The second-order valence-electron chi connectivity index (χ2n) is 6.19. The second-order valence-corrected chi connectivity index (χ2v) is 7.35. The Morgan fingerprint density at radius 1 is 1.38 bits per heavy atom. The highest BCUT2D eigenvalue weighted by Gasteiger charge is 2.38. The quantitative estimate of drug-likeness (QED) is 0.477. The Morgan fingerprint density at radius 2 is 2.05 bits per heavy atom. The lowest BCUT2D eigenvalue weighted by Crippen LogP contribution is -2.41. The van der Waals surface area contributed by atoms with Crippen LogP contribution < -0.4 is 5.32 Å². The van der Waals surface area contributed by atoms with E-state index in [-0.39, 0.29) is 10.6 Å². The molecule has 0 saturated carbocycles. The highest BCUT2D eigenvalue weighted by Crippen LogP contribution is 2.37. The Morgan fingerprint density at radius 3 is 2.62 bits per heavy atom. The molecule has 0 aromatic heterocycles. The molecule has 114 valence electrons. The molecule has 2 unspecified atom stereocenters. The fraction of sp³-hybridized carbons (Fsp3) is 0.600. The number of benzene rings is 1. The number of nitro groups is 1. The van der Waals surface area contributed by atoms with Gasteiger partial charge in [0.1, 0.15) is 0 Å². The van der Waals surface area contributed by atoms with Gasteiger partial charge in [0.2, 0.25) is 0 Å². The molecule has 2 saturated heterocycles. The average molecular weight is 401 g/mol. The van der Waals surface area contributed by atoms with E-state index >= 15 is 0 Å². The van der Waals surface area contributed by atoms with Crippen molar-refractivity contribution in [1.82, 2.24) is 4.90 Å². The van der Waals surface area contributed by atoms with Crippen LogP contribution in [-0.2, 0) is 0 Å². The van der Waals surface area contributed by atoms with E-state index < -0.39 is 0 Å². The molecule has 21 heavy (non-hydrogen) atoms. The van der Waals surface area contributed by atoms with Crippen molar-refractivity contribution < 1.29 is 4.92 Å². The number of nitrogens with one attached hydrogen (secondary N) is 1. The standard InChI is InChI=1S/C15H20IN3O2/c1-18-11-2-3-12(18)7-10(6-11)9-17-15-5-4-13(19(20)21)8-14(15)16/h4-5,8,10-12,17H,2-3,6-7,9H2,1H3. The minimum Gasteiger partial charge on any atom is -0.384 e. The normalized spacial score (nSPS) is 28.6. The first-order chi connectivity index (χ1) is 10.0. The van der Waals surface area contributed by atoms with Gasteiger partial charge in [0.25, 0.3) is 5.69 Å². The van der Waals surface area contributed by atoms with Crippen LogP contribution in [0.1, 0.15) is 25.7 Å². The summed E-state index contributed by atoms with van der Waals surface area (Å²) in [7, 11) is 2.26. The highest BCUT2D eigenvalue weighted by molar-refractivity contribution is 14.1. The van der Waals surface area contributed by atoms with Crippen molar-refractivity contribution in [3.8, 4) is 0 Å². The fourth-order valence-corrected chi connectivity index (χ4v) is 4.40. The maximum Gasteiger partial charge on any atom is 0.270 e. The molecule has 2 aliphatic rings. The molecule has 5 nitrogen and oxygen atoms in total. The summed E-state index contributed by atoms with van der Waals surface area (Å²) in [6.07, 6.45) is 5.21. The summed E-state index contributed by atoms with van der Waals surface area (Å²) in [5.74, 6) is 0.713. The van der Waals surface area contributed by atoms with Crippen molar-refractivity contribution in [1.29, 1.82) is 0 Å². The molecule has 2 fully saturated rings. The molecule has 0 spiro atoms. The number of halogens is 1. The largest absolute Gasteiger partial charge is 0.384 e. The van der Waals surface area contributed by atoms with Gasteiger partial charge in [-0.25, -0.2) is 0 Å². The number of nitrogens with zero attached hydrogens (tertiary/aromatic N) is 2. The Bertz CT molecular complexity index is 538. The zero-order valence-corrected chi connectivity index (χ0v) is 14.2. The molecule has 1 aromatic rings. The van der Waals surface area contributed by atoms with Crippen LogP contribution in [0.15, 0.2) is 18.2 Å². The van der Waals surface area contributed by atoms with Gasteiger partial charge >= 0.3 is 0 Å². The lowest BCUT2D eigenvalue weighted by atomic mass is 9.91. The van der Waals surface area contributed by atoms with Crippen molar-refractivity contribution >= 4 is 34.0 Å². The van der Waals surface area contributed by atoms with E-state index in [9.17, 15) is 10.1 Å². The van der Waals surface area contributed by atoms with Gasteiger partial charge in [-0.2, -0.15) is 0 Å². The van der Waals surface area contributed by atoms with E-state index in [0.717, 1.165) is 27.9 Å². The van der Waals surface area contributed by atoms with Crippen LogP contribution in [0, 0.1) is 19.6 Å². The zero-order chi connectivity index (χ0) is 15.0. The van der Waals surface area contributed by atoms with Gasteiger partial charge in [0, 0.05) is 40.0 Å². The van der Waals surface area contributed by atoms with Crippen molar-refractivity contribution in [2.75, 3.05) is 18.9 Å². The number of piperidine rings is 1. The Kier molecular flexibility index (Phi) is 4.35. The molecule has 6 heteroatoms. The van der Waals surface area contributed by atoms with Gasteiger partial charge in [-0.3, -0.25) is 10.1 Å². The number of hydrogen-bond donors (Lipinski definition) is 1. The molecule has 3 rings (SSSR count). The maximum absolute atomic E-state index is 10.8. The van der Waals surface area contributed by atoms with Gasteiger partial charge in [-0.15, -0.1) is 0 Å². The topological polar surface area (TPSA) is 58.4 Å². The minimum atomic E-state index is -0.347. The Labute approximate surface area is 138 Å². The van der Waals surface area contributed by atoms with E-state index in [1.54, 1.807) is 12.1 Å². The number of fused-ring (bicyclic) bond motifs is 2. The summed E-state index contributed by atoms with van der Waals surface area (Å²) in [4.78, 5) is 13.0. The summed E-state index contributed by atoms with van der Waals surface area (Å²) in [6.45, 7) is 0.967. The molecule has 0 aliphatic carbocycles. The SMILES string of the molecule is CN1C2CCC1CC(CNc1ccc([N+](=O)[O-])cc1I)C2. The number of rotatable bonds is 4. The molecule has 1 aromatic carbocycles. The minimum absolute atomic E-state index is 0.155. The molecular weight excluding hydrogens is 381 g/mol. The first-order valence-electron chi connectivity index (χ1n) is 7.44. The summed E-state index contributed by atoms with van der Waals surface area (Å²) in [6, 6.07) is 6.53. The van der Waals surface area contributed by atoms with Crippen molar-refractivity contribution in [3.63, 3.8) is 0 Å². The van der Waals surface area contributed by atoms with Gasteiger partial charge in [0.15, 0.2) is 0 Å². The van der Waals surface area contributed by atoms with Crippen molar-refractivity contribution in [3.05, 3.63) is 31.9 Å². The van der Waals surface area contributed by atoms with Crippen molar-refractivity contribution in [2.45, 2.75) is 37.8 Å². The number of hydrogen-bond acceptors (Lipinski definition) is 4. The van der Waals surface area contributed by atoms with Crippen LogP contribution in [0.4, 0.5) is 11.4 Å². The predicted molar refractivity (Wildman–Crippen MR) is 91.6 cm³/mol. The third-order valence-corrected chi connectivity index (χ3v) is 5.83. The fourth-order valence-electron chi connectivity index (χ4n) is 3.71. The monoisotopic (exact) mass is 401 g/mol. The van der Waals surface area contributed by atoms with Gasteiger partial charge in [-0.05, 0) is 67.3 Å². The van der Waals surface area contributed by atoms with E-state index in [0.29, 0.717) is 5.92 Å². The summed E-state index contributed by atoms with van der Waals surface area (Å²) >= 11 is 2.16. The molecule has 2 bridgehead atoms. The first kappa shape index (κ1) is 15.0. The highest BCUT2D eigenvalue weighted by atomic mass is 127. The average Bonchev–Trinajstić information content (AvgIpc) is 2.68. The smallest absolute Gasteiger partial charge is 0.270 e. The van der Waals surface area contributed by atoms with Gasteiger partial charge in [-0.1, -0.05) is 0 Å². The van der Waals surface area contributed by atoms with E-state index in [2.05, 4.69) is 39.9 Å². The van der Waals surface area contributed by atoms with Crippen LogP contribution in [0.5, 0.6) is 0 Å². The summed E-state index contributed by atoms with van der Waals surface area (Å²) < 4.78 is 0.915. The van der Waals surface area contributed by atoms with Crippen LogP contribution in [-0.4, -0.2) is 35.5 Å². The van der Waals surface area contributed by atoms with Crippen LogP contribution in [0.25, 0.3) is 0 Å². The van der Waals surface area contributed by atoms with E-state index in [4.69, 9.17) is 0 Å². The van der Waals surface area contributed by atoms with Crippen LogP contribution in [0.2, 0.25) is 0 Å². The first-order valence-corrected chi connectivity index (χ1v) is 8.52. The van der Waals surface area contributed by atoms with E-state index in [1.807, 2.05) is 6.07 Å². The third-order valence-electron chi connectivity index (χ3n) is 4.94. The zero-order valence-electron chi connectivity index (χ0n) is 12.1. The van der Waals surface area contributed by atoms with Crippen LogP contribution >= 0.6 is 22.6 Å². The van der Waals surface area contributed by atoms with Gasteiger partial charge < -0.3 is 10.2 Å². The number of nitro benzene ring substituents is 1. The molecule has 2 atom stereocenters. The molecular formula is C15H20IN3O2. The lowest BCUT2D eigenvalue weighted by molar-refractivity contribution is -0.384. The van der Waals surface area contributed by atoms with Crippen LogP contribution in [0.3, 0.4) is 0 Å². The molecule has 0 radical (unpaired) electrons. The van der Waals surface area contributed by atoms with Gasteiger partial charge in [0.05, 0.1) is 4.92 Å². The van der Waals surface area contributed by atoms with E-state index in [1.165, 1.54) is 25.7 Å². The molecule has 2 heterocycles. The Hall–Kier alpha value is -0.890. The lowest BCUT2D eigenvalue weighted by Gasteiger charge is -2.36. The summed E-state index contributed by atoms with van der Waals surface area (Å²) in [5, 5.41) is 14.2. The number of non-ortho nitro benzene ring substituents is 1. The second kappa shape index (κ2) is 6.08. The van der Waals surface area contributed by atoms with Crippen molar-refractivity contribution in [2.24, 2.45) is 5.92 Å². The predicted octanol–water partition coefficient (Wildman–Crippen LogP) is 3.48. The molecule has 0 amide bonds. The molecule has 1 N–H and O–H groups in total. The summed E-state index contributed by atoms with van der Waals surface area (Å²) in [5.41, 5.74) is 1.16. The Balaban J connectivity index is 1.60. The maximum atomic E-state index is 10.8. The third kappa shape index (κ3) is 3.15.